The van der Waals surface area contributed by atoms with Gasteiger partial charge in [-0.15, -0.1) is 8.78 Å². The largest absolute Gasteiger partial charge is 0.586 e. The molecule has 0 saturated heterocycles. The van der Waals surface area contributed by atoms with Gasteiger partial charge in [-0.25, -0.2) is 0 Å². The molecule has 2 aromatic rings. The number of benzene rings is 2. The number of ether oxygens (including phenoxy) is 2. The van der Waals surface area contributed by atoms with Gasteiger partial charge in [0.25, 0.3) is 5.91 Å². The molecule has 164 valence electrons. The highest BCUT2D eigenvalue weighted by molar-refractivity contribution is 6.26. The molecule has 1 aliphatic rings. The zero-order valence-electron chi connectivity index (χ0n) is 16.2. The monoisotopic (exact) mass is 441 g/mol. The fourth-order valence-electron chi connectivity index (χ4n) is 3.00. The third-order valence-corrected chi connectivity index (χ3v) is 4.36. The van der Waals surface area contributed by atoms with Gasteiger partial charge in [-0.1, -0.05) is 12.1 Å². The first kappa shape index (κ1) is 22.1. The van der Waals surface area contributed by atoms with Crippen molar-refractivity contribution in [3.63, 3.8) is 0 Å². The molecule has 0 radical (unpaired) electrons. The smallest absolute Gasteiger partial charge is 0.404 e. The molecule has 0 fully saturated rings. The Labute approximate surface area is 173 Å². The average molecular weight is 441 g/mol. The molecule has 0 aromatic heterocycles. The summed E-state index contributed by atoms with van der Waals surface area (Å²) in [5.41, 5.74) is 4.95. The molecule has 31 heavy (non-hydrogen) atoms. The van der Waals surface area contributed by atoms with E-state index in [1.54, 1.807) is 19.1 Å². The van der Waals surface area contributed by atoms with Crippen LogP contribution in [0.3, 0.4) is 0 Å². The number of rotatable bonds is 4. The summed E-state index contributed by atoms with van der Waals surface area (Å²) in [5.74, 6) is -1.30. The van der Waals surface area contributed by atoms with Crippen LogP contribution in [0.5, 0.6) is 11.5 Å². The Kier molecular flexibility index (Phi) is 5.62. The van der Waals surface area contributed by atoms with Gasteiger partial charge in [0.15, 0.2) is 17.2 Å². The molecular weight excluding hydrogens is 425 g/mol. The minimum absolute atomic E-state index is 0.0886. The van der Waals surface area contributed by atoms with Gasteiger partial charge in [0.2, 0.25) is 0 Å². The summed E-state index contributed by atoms with van der Waals surface area (Å²) in [6.45, 7) is 1.69. The second-order valence-electron chi connectivity index (χ2n) is 6.46. The molecule has 2 aromatic carbocycles. The van der Waals surface area contributed by atoms with Crippen molar-refractivity contribution < 1.29 is 36.2 Å². The zero-order chi connectivity index (χ0) is 23.0. The lowest BCUT2D eigenvalue weighted by Gasteiger charge is -2.14. The number of carbonyl (C=O) groups excluding carboxylic acids is 1. The molecule has 11 heteroatoms. The summed E-state index contributed by atoms with van der Waals surface area (Å²) in [5, 5.41) is 2.31. The number of alkyl halides is 5. The maximum Gasteiger partial charge on any atom is 0.586 e. The molecule has 3 N–H and O–H groups in total. The Morgan fingerprint density at radius 3 is 2.23 bits per heavy atom. The van der Waals surface area contributed by atoms with Crippen molar-refractivity contribution >= 4 is 17.3 Å². The van der Waals surface area contributed by atoms with E-state index in [4.69, 9.17) is 5.73 Å². The molecule has 1 amide bonds. The number of hydrogen-bond donors (Lipinski definition) is 2. The van der Waals surface area contributed by atoms with Crippen molar-refractivity contribution in [2.45, 2.75) is 19.4 Å². The van der Waals surface area contributed by atoms with Crippen LogP contribution in [0.4, 0.5) is 27.6 Å². The number of carbonyl (C=O) groups is 1. The Morgan fingerprint density at radius 1 is 1.13 bits per heavy atom. The Balaban J connectivity index is 1.81. The van der Waals surface area contributed by atoms with Crippen LogP contribution >= 0.6 is 0 Å². The number of nitrogens with two attached hydrogens (primary N) is 1. The molecule has 1 heterocycles. The first-order valence-corrected chi connectivity index (χ1v) is 8.73. The predicted molar refractivity (Wildman–Crippen MR) is 103 cm³/mol. The fraction of sp³-hybridized carbons (Fsp3) is 0.200. The van der Waals surface area contributed by atoms with Crippen LogP contribution in [0.1, 0.15) is 5.56 Å². The Morgan fingerprint density at radius 2 is 1.71 bits per heavy atom. The quantitative estimate of drug-likeness (QED) is 0.419. The van der Waals surface area contributed by atoms with Crippen LogP contribution in [0.25, 0.3) is 11.1 Å². The lowest BCUT2D eigenvalue weighted by molar-refractivity contribution is -0.286. The third kappa shape index (κ3) is 4.60. The van der Waals surface area contributed by atoms with E-state index < -0.39 is 29.7 Å². The number of halogens is 5. The number of nitrogens with zero attached hydrogens (tertiary/aromatic N) is 1. The van der Waals surface area contributed by atoms with E-state index in [1.165, 1.54) is 24.3 Å². The number of fused-ring (bicyclic) bond motifs is 1. The summed E-state index contributed by atoms with van der Waals surface area (Å²) in [6, 6.07) is 8.79. The first-order chi connectivity index (χ1) is 14.4. The molecule has 0 atom stereocenters. The summed E-state index contributed by atoms with van der Waals surface area (Å²) >= 11 is 0. The number of amides is 1. The Bertz CT molecular complexity index is 1080. The van der Waals surface area contributed by atoms with Crippen LogP contribution < -0.4 is 20.5 Å². The minimum atomic E-state index is -4.85. The Hall–Kier alpha value is -3.63. The summed E-state index contributed by atoms with van der Waals surface area (Å²) < 4.78 is 74.4. The van der Waals surface area contributed by atoms with Gasteiger partial charge >= 0.3 is 12.5 Å². The van der Waals surface area contributed by atoms with Crippen LogP contribution in [-0.2, 0) is 4.79 Å². The van der Waals surface area contributed by atoms with E-state index in [9.17, 15) is 26.7 Å². The van der Waals surface area contributed by atoms with Crippen LogP contribution in [0, 0.1) is 6.92 Å². The molecule has 6 nitrogen and oxygen atoms in total. The van der Waals surface area contributed by atoms with E-state index >= 15 is 0 Å². The van der Waals surface area contributed by atoms with Crippen LogP contribution in [0.2, 0.25) is 0 Å². The van der Waals surface area contributed by atoms with Gasteiger partial charge in [0, 0.05) is 18.9 Å². The molecule has 0 saturated carbocycles. The van der Waals surface area contributed by atoms with Gasteiger partial charge in [-0.2, -0.15) is 13.2 Å². The second-order valence-corrected chi connectivity index (χ2v) is 6.46. The van der Waals surface area contributed by atoms with Gasteiger partial charge in [0.1, 0.15) is 0 Å². The van der Waals surface area contributed by atoms with Crippen molar-refractivity contribution in [3.05, 3.63) is 53.7 Å². The number of hydrogen-bond acceptors (Lipinski definition) is 5. The van der Waals surface area contributed by atoms with Crippen molar-refractivity contribution in [1.82, 2.24) is 0 Å². The third-order valence-electron chi connectivity index (χ3n) is 4.36. The van der Waals surface area contributed by atoms with E-state index in [0.29, 0.717) is 22.9 Å². The fourth-order valence-corrected chi connectivity index (χ4v) is 3.00. The van der Waals surface area contributed by atoms with Crippen molar-refractivity contribution in [2.24, 2.45) is 10.7 Å². The topological polar surface area (TPSA) is 85.9 Å². The van der Waals surface area contributed by atoms with E-state index in [1.807, 2.05) is 0 Å². The van der Waals surface area contributed by atoms with Gasteiger partial charge in [0.05, 0.1) is 5.57 Å². The molecule has 0 spiro atoms. The van der Waals surface area contributed by atoms with Crippen molar-refractivity contribution in [1.29, 1.82) is 0 Å². The minimum Gasteiger partial charge on any atom is -0.404 e. The normalized spacial score (nSPS) is 15.7. The van der Waals surface area contributed by atoms with Crippen molar-refractivity contribution in [2.75, 3.05) is 12.4 Å². The SMILES string of the molecule is CN=C(/C(=C\N)C(=O)Nc1ccc(-c2cc3c(cc2C)OC(F)(F)O3)cc1)C(F)(F)F. The summed E-state index contributed by atoms with van der Waals surface area (Å²) in [6.07, 6.45) is -8.06. The highest BCUT2D eigenvalue weighted by Gasteiger charge is 2.43. The number of nitrogens with one attached hydrogen (secondary N) is 1. The summed E-state index contributed by atoms with van der Waals surface area (Å²) in [7, 11) is 0.901. The van der Waals surface area contributed by atoms with Gasteiger partial charge in [-0.05, 0) is 47.9 Å². The second kappa shape index (κ2) is 7.89. The first-order valence-electron chi connectivity index (χ1n) is 8.73. The number of anilines is 1. The highest BCUT2D eigenvalue weighted by atomic mass is 19.4. The van der Waals surface area contributed by atoms with E-state index in [0.717, 1.165) is 7.05 Å². The maximum atomic E-state index is 13.3. The number of aryl methyl sites for hydroxylation is 1. The zero-order valence-corrected chi connectivity index (χ0v) is 16.2. The lowest BCUT2D eigenvalue weighted by atomic mass is 9.99. The lowest BCUT2D eigenvalue weighted by Crippen LogP contribution is -2.32. The summed E-state index contributed by atoms with van der Waals surface area (Å²) in [4.78, 5) is 15.3. The molecule has 0 aliphatic carbocycles. The van der Waals surface area contributed by atoms with Crippen molar-refractivity contribution in [3.8, 4) is 22.6 Å². The standard InChI is InChI=1S/C20H16F5N3O3/c1-10-7-15-16(31-20(24,25)30-15)8-13(10)11-3-5-12(6-4-11)28-18(29)14(9-26)17(27-2)19(21,22)23/h3-9H,26H2,1-2H3,(H,28,29)/b14-9+,27-17?. The average Bonchev–Trinajstić information content (AvgIpc) is 2.97. The molecule has 0 bridgehead atoms. The molecule has 1 aliphatic heterocycles. The van der Waals surface area contributed by atoms with Gasteiger partial charge < -0.3 is 20.5 Å². The van der Waals surface area contributed by atoms with E-state index in [-0.39, 0.29) is 17.2 Å². The number of aliphatic imine (C=N–C) groups is 1. The van der Waals surface area contributed by atoms with Crippen LogP contribution in [0.15, 0.2) is 53.2 Å². The van der Waals surface area contributed by atoms with Gasteiger partial charge in [-0.3, -0.25) is 9.79 Å². The molecule has 0 unspecified atom stereocenters. The van der Waals surface area contributed by atoms with E-state index in [2.05, 4.69) is 19.8 Å². The molecule has 3 rings (SSSR count). The maximum absolute atomic E-state index is 13.3. The molecular formula is C20H16F5N3O3. The predicted octanol–water partition coefficient (Wildman–Crippen LogP) is 4.40. The highest BCUT2D eigenvalue weighted by Crippen LogP contribution is 2.44. The van der Waals surface area contributed by atoms with Crippen LogP contribution in [-0.4, -0.2) is 31.1 Å².